The van der Waals surface area contributed by atoms with Gasteiger partial charge < -0.3 is 16.0 Å². The molecule has 0 unspecified atom stereocenters. The largest absolute Gasteiger partial charge is 0.354 e. The summed E-state index contributed by atoms with van der Waals surface area (Å²) in [5.41, 5.74) is 5.65. The summed E-state index contributed by atoms with van der Waals surface area (Å²) in [5.74, 6) is 0.933. The Bertz CT molecular complexity index is 331. The molecule has 4 nitrogen and oxygen atoms in total. The Morgan fingerprint density at radius 3 is 2.43 bits per heavy atom. The Hall–Kier alpha value is -0.610. The van der Waals surface area contributed by atoms with Gasteiger partial charge in [-0.1, -0.05) is 19.8 Å². The Morgan fingerprint density at radius 2 is 1.86 bits per heavy atom. The molecular formula is C17H33N3O. The zero-order chi connectivity index (χ0) is 15.3. The molecule has 2 fully saturated rings. The molecule has 0 heterocycles. The van der Waals surface area contributed by atoms with E-state index in [1.165, 1.54) is 25.7 Å². The zero-order valence-electron chi connectivity index (χ0n) is 13.9. The first kappa shape index (κ1) is 16.8. The van der Waals surface area contributed by atoms with E-state index < -0.39 is 0 Å². The molecule has 0 aromatic heterocycles. The monoisotopic (exact) mass is 295 g/mol. The van der Waals surface area contributed by atoms with Gasteiger partial charge in [0.05, 0.1) is 5.41 Å². The summed E-state index contributed by atoms with van der Waals surface area (Å²) in [4.78, 5) is 15.0. The van der Waals surface area contributed by atoms with E-state index >= 15 is 0 Å². The number of amides is 1. The van der Waals surface area contributed by atoms with Crippen LogP contribution in [-0.4, -0.2) is 43.5 Å². The third-order valence-corrected chi connectivity index (χ3v) is 5.80. The first-order valence-electron chi connectivity index (χ1n) is 8.76. The molecule has 21 heavy (non-hydrogen) atoms. The van der Waals surface area contributed by atoms with E-state index in [0.29, 0.717) is 6.54 Å². The van der Waals surface area contributed by atoms with E-state index in [9.17, 15) is 4.79 Å². The summed E-state index contributed by atoms with van der Waals surface area (Å²) in [5, 5.41) is 3.15. The van der Waals surface area contributed by atoms with Crippen LogP contribution in [0.25, 0.3) is 0 Å². The molecular weight excluding hydrogens is 262 g/mol. The van der Waals surface area contributed by atoms with Gasteiger partial charge in [-0.2, -0.15) is 0 Å². The van der Waals surface area contributed by atoms with Crippen molar-refractivity contribution in [2.45, 2.75) is 64.3 Å². The Kier molecular flexibility index (Phi) is 6.06. The fraction of sp³-hybridized carbons (Fsp3) is 0.941. The molecule has 2 aliphatic rings. The first-order chi connectivity index (χ1) is 10.1. The van der Waals surface area contributed by atoms with Crippen LogP contribution in [0.3, 0.4) is 0 Å². The van der Waals surface area contributed by atoms with Crippen LogP contribution in [0.15, 0.2) is 0 Å². The number of hydrogen-bond acceptors (Lipinski definition) is 3. The van der Waals surface area contributed by atoms with Gasteiger partial charge >= 0.3 is 0 Å². The lowest BCUT2D eigenvalue weighted by Gasteiger charge is -2.37. The number of carbonyl (C=O) groups is 1. The summed E-state index contributed by atoms with van der Waals surface area (Å²) >= 11 is 0. The normalized spacial score (nSPS) is 30.8. The quantitative estimate of drug-likeness (QED) is 0.789. The van der Waals surface area contributed by atoms with Crippen molar-refractivity contribution in [2.24, 2.45) is 17.1 Å². The molecule has 0 bridgehead atoms. The lowest BCUT2D eigenvalue weighted by atomic mass is 9.70. The van der Waals surface area contributed by atoms with Crippen molar-refractivity contribution in [3.63, 3.8) is 0 Å². The molecule has 3 N–H and O–H groups in total. The SMILES string of the molecule is CC1CCC(CN)(C(=O)NCCN(C)C2CCCC2)CC1. The van der Waals surface area contributed by atoms with E-state index in [1.54, 1.807) is 0 Å². The van der Waals surface area contributed by atoms with Crippen LogP contribution in [0.1, 0.15) is 58.3 Å². The van der Waals surface area contributed by atoms with Crippen molar-refractivity contribution < 1.29 is 4.79 Å². The molecule has 0 saturated heterocycles. The summed E-state index contributed by atoms with van der Waals surface area (Å²) in [6, 6.07) is 0.723. The molecule has 0 aromatic carbocycles. The maximum atomic E-state index is 12.6. The minimum Gasteiger partial charge on any atom is -0.354 e. The third-order valence-electron chi connectivity index (χ3n) is 5.80. The summed E-state index contributed by atoms with van der Waals surface area (Å²) in [6.07, 6.45) is 9.51. The van der Waals surface area contributed by atoms with Gasteiger partial charge in [-0.15, -0.1) is 0 Å². The smallest absolute Gasteiger partial charge is 0.227 e. The Morgan fingerprint density at radius 1 is 1.24 bits per heavy atom. The summed E-state index contributed by atoms with van der Waals surface area (Å²) < 4.78 is 0. The van der Waals surface area contributed by atoms with Gasteiger partial charge in [0.15, 0.2) is 0 Å². The van der Waals surface area contributed by atoms with Gasteiger partial charge in [0.1, 0.15) is 0 Å². The van der Waals surface area contributed by atoms with Crippen LogP contribution in [0.2, 0.25) is 0 Å². The lowest BCUT2D eigenvalue weighted by molar-refractivity contribution is -0.132. The number of carbonyl (C=O) groups excluding carboxylic acids is 1. The third kappa shape index (κ3) is 4.19. The second-order valence-electron chi connectivity index (χ2n) is 7.34. The van der Waals surface area contributed by atoms with Gasteiger partial charge in [0.25, 0.3) is 0 Å². The summed E-state index contributed by atoms with van der Waals surface area (Å²) in [7, 11) is 2.18. The average Bonchev–Trinajstić information content (AvgIpc) is 3.02. The molecule has 4 heteroatoms. The molecule has 2 saturated carbocycles. The number of nitrogens with one attached hydrogen (secondary N) is 1. The molecule has 122 valence electrons. The maximum Gasteiger partial charge on any atom is 0.227 e. The van der Waals surface area contributed by atoms with E-state index in [-0.39, 0.29) is 11.3 Å². The highest BCUT2D eigenvalue weighted by Crippen LogP contribution is 2.38. The van der Waals surface area contributed by atoms with Crippen LogP contribution in [0.5, 0.6) is 0 Å². The van der Waals surface area contributed by atoms with E-state index in [4.69, 9.17) is 5.73 Å². The molecule has 0 radical (unpaired) electrons. The predicted molar refractivity (Wildman–Crippen MR) is 87.0 cm³/mol. The van der Waals surface area contributed by atoms with E-state index in [0.717, 1.165) is 50.7 Å². The Balaban J connectivity index is 1.75. The van der Waals surface area contributed by atoms with Crippen molar-refractivity contribution in [2.75, 3.05) is 26.7 Å². The molecule has 0 spiro atoms. The number of nitrogens with two attached hydrogens (primary N) is 1. The topological polar surface area (TPSA) is 58.4 Å². The first-order valence-corrected chi connectivity index (χ1v) is 8.76. The maximum absolute atomic E-state index is 12.6. The van der Waals surface area contributed by atoms with Crippen LogP contribution in [-0.2, 0) is 4.79 Å². The Labute approximate surface area is 129 Å². The van der Waals surface area contributed by atoms with Crippen molar-refractivity contribution in [1.29, 1.82) is 0 Å². The van der Waals surface area contributed by atoms with Gasteiger partial charge in [0.2, 0.25) is 5.91 Å². The molecule has 2 rings (SSSR count). The molecule has 1 amide bonds. The van der Waals surface area contributed by atoms with Gasteiger partial charge in [-0.25, -0.2) is 0 Å². The lowest BCUT2D eigenvalue weighted by Crippen LogP contribution is -2.49. The highest BCUT2D eigenvalue weighted by Gasteiger charge is 2.39. The van der Waals surface area contributed by atoms with Crippen LogP contribution >= 0.6 is 0 Å². The van der Waals surface area contributed by atoms with Crippen molar-refractivity contribution in [3.8, 4) is 0 Å². The minimum absolute atomic E-state index is 0.191. The molecule has 2 aliphatic carbocycles. The minimum atomic E-state index is -0.293. The average molecular weight is 295 g/mol. The van der Waals surface area contributed by atoms with Gasteiger partial charge in [-0.05, 0) is 51.5 Å². The van der Waals surface area contributed by atoms with Crippen molar-refractivity contribution in [1.82, 2.24) is 10.2 Å². The van der Waals surface area contributed by atoms with Crippen LogP contribution < -0.4 is 11.1 Å². The van der Waals surface area contributed by atoms with Crippen LogP contribution in [0, 0.1) is 11.3 Å². The number of likely N-dealkylation sites (N-methyl/N-ethyl adjacent to an activating group) is 1. The second-order valence-corrected chi connectivity index (χ2v) is 7.34. The van der Waals surface area contributed by atoms with Crippen molar-refractivity contribution in [3.05, 3.63) is 0 Å². The fourth-order valence-corrected chi connectivity index (χ4v) is 3.90. The van der Waals surface area contributed by atoms with Gasteiger partial charge in [-0.3, -0.25) is 4.79 Å². The van der Waals surface area contributed by atoms with E-state index in [2.05, 4.69) is 24.2 Å². The fourth-order valence-electron chi connectivity index (χ4n) is 3.90. The molecule has 0 aromatic rings. The predicted octanol–water partition coefficient (Wildman–Crippen LogP) is 2.13. The molecule has 0 aliphatic heterocycles. The number of nitrogens with zero attached hydrogens (tertiary/aromatic N) is 1. The standard InChI is InChI=1S/C17H33N3O/c1-14-7-9-17(13-18,10-8-14)16(21)19-11-12-20(2)15-5-3-4-6-15/h14-15H,3-13,18H2,1-2H3,(H,19,21). The highest BCUT2D eigenvalue weighted by molar-refractivity contribution is 5.83. The second kappa shape index (κ2) is 7.59. The zero-order valence-corrected chi connectivity index (χ0v) is 13.9. The number of hydrogen-bond donors (Lipinski definition) is 2. The molecule has 0 atom stereocenters. The number of rotatable bonds is 6. The summed E-state index contributed by atoms with van der Waals surface area (Å²) in [6.45, 7) is 4.47. The van der Waals surface area contributed by atoms with Crippen LogP contribution in [0.4, 0.5) is 0 Å². The van der Waals surface area contributed by atoms with Gasteiger partial charge in [0, 0.05) is 25.7 Å². The highest BCUT2D eigenvalue weighted by atomic mass is 16.2. The van der Waals surface area contributed by atoms with E-state index in [1.807, 2.05) is 0 Å². The van der Waals surface area contributed by atoms with Crippen molar-refractivity contribution >= 4 is 5.91 Å².